The Morgan fingerprint density at radius 1 is 0.654 bits per heavy atom. The van der Waals surface area contributed by atoms with Crippen LogP contribution in [0.5, 0.6) is 0 Å². The molecule has 6 rings (SSSR count). The second-order valence-corrected chi connectivity index (χ2v) is 8.00. The molecule has 0 saturated carbocycles. The SMILES string of the molecule is N#CC12C[C@@H]3CC=CC[C@H]3CC(C#N)(c3ccccc31)c1ccccc12. The summed E-state index contributed by atoms with van der Waals surface area (Å²) in [6, 6.07) is 21.8. The van der Waals surface area contributed by atoms with E-state index in [1.807, 2.05) is 24.3 Å². The fraction of sp³-hybridized carbons (Fsp3) is 0.333. The van der Waals surface area contributed by atoms with Gasteiger partial charge >= 0.3 is 0 Å². The molecule has 0 radical (unpaired) electrons. The van der Waals surface area contributed by atoms with E-state index in [0.29, 0.717) is 11.8 Å². The van der Waals surface area contributed by atoms with Gasteiger partial charge in [0.25, 0.3) is 0 Å². The fourth-order valence-electron chi connectivity index (χ4n) is 5.73. The van der Waals surface area contributed by atoms with Crippen LogP contribution in [0.15, 0.2) is 60.7 Å². The van der Waals surface area contributed by atoms with Crippen LogP contribution in [0.1, 0.15) is 47.9 Å². The second-order valence-electron chi connectivity index (χ2n) is 8.00. The largest absolute Gasteiger partial charge is 0.197 e. The van der Waals surface area contributed by atoms with Crippen LogP contribution in [0.3, 0.4) is 0 Å². The van der Waals surface area contributed by atoms with E-state index in [-0.39, 0.29) is 0 Å². The van der Waals surface area contributed by atoms with E-state index in [1.165, 1.54) is 0 Å². The van der Waals surface area contributed by atoms with Gasteiger partial charge in [0.2, 0.25) is 0 Å². The molecule has 126 valence electrons. The van der Waals surface area contributed by atoms with E-state index in [9.17, 15) is 10.5 Å². The maximum atomic E-state index is 10.5. The zero-order chi connectivity index (χ0) is 17.8. The number of rotatable bonds is 0. The summed E-state index contributed by atoms with van der Waals surface area (Å²) >= 11 is 0. The minimum Gasteiger partial charge on any atom is -0.197 e. The number of hydrogen-bond donors (Lipinski definition) is 0. The Bertz CT molecular complexity index is 874. The average Bonchev–Trinajstić information content (AvgIpc) is 2.69. The van der Waals surface area contributed by atoms with Crippen molar-refractivity contribution in [2.24, 2.45) is 11.8 Å². The molecule has 0 spiro atoms. The predicted molar refractivity (Wildman–Crippen MR) is 100 cm³/mol. The molecule has 0 saturated heterocycles. The van der Waals surface area contributed by atoms with Crippen molar-refractivity contribution in [3.63, 3.8) is 0 Å². The Hall–Kier alpha value is -2.84. The molecule has 2 aromatic rings. The summed E-state index contributed by atoms with van der Waals surface area (Å²) in [6.45, 7) is 0. The van der Waals surface area contributed by atoms with E-state index in [4.69, 9.17) is 0 Å². The van der Waals surface area contributed by atoms with Crippen molar-refractivity contribution in [2.75, 3.05) is 0 Å². The molecule has 2 nitrogen and oxygen atoms in total. The number of allylic oxidation sites excluding steroid dienone is 2. The van der Waals surface area contributed by atoms with Crippen LogP contribution in [-0.4, -0.2) is 0 Å². The van der Waals surface area contributed by atoms with E-state index < -0.39 is 10.8 Å². The van der Waals surface area contributed by atoms with Crippen LogP contribution >= 0.6 is 0 Å². The van der Waals surface area contributed by atoms with Gasteiger partial charge in [-0.05, 0) is 59.8 Å². The van der Waals surface area contributed by atoms with Crippen LogP contribution in [-0.2, 0) is 10.8 Å². The highest BCUT2D eigenvalue weighted by atomic mass is 14.6. The molecule has 2 heteroatoms. The Balaban J connectivity index is 1.92. The van der Waals surface area contributed by atoms with Crippen LogP contribution in [0.25, 0.3) is 0 Å². The van der Waals surface area contributed by atoms with Gasteiger partial charge in [-0.15, -0.1) is 0 Å². The van der Waals surface area contributed by atoms with Crippen molar-refractivity contribution >= 4 is 0 Å². The molecule has 0 amide bonds. The lowest BCUT2D eigenvalue weighted by Crippen LogP contribution is -2.47. The third kappa shape index (κ3) is 1.75. The van der Waals surface area contributed by atoms with Crippen molar-refractivity contribution < 1.29 is 0 Å². The molecular weight excluding hydrogens is 316 g/mol. The highest BCUT2D eigenvalue weighted by Gasteiger charge is 2.55. The van der Waals surface area contributed by atoms with Gasteiger partial charge in [0.1, 0.15) is 10.8 Å². The topological polar surface area (TPSA) is 47.6 Å². The standard InChI is InChI=1S/C24H20N2/c25-15-23-13-17-7-1-2-8-18(17)14-24(16-26,21-11-5-3-9-19(21)23)22-12-6-4-10-20(22)23/h1-6,9-12,17-18H,7-8,13-14H2/t17-,18-,23?,24?/m0/s1. The Kier molecular flexibility index (Phi) is 3.16. The third-order valence-electron chi connectivity index (χ3n) is 6.92. The third-order valence-corrected chi connectivity index (χ3v) is 6.92. The van der Waals surface area contributed by atoms with Gasteiger partial charge in [-0.25, -0.2) is 0 Å². The quantitative estimate of drug-likeness (QED) is 0.636. The number of hydrogen-bond acceptors (Lipinski definition) is 2. The first-order valence-corrected chi connectivity index (χ1v) is 9.43. The fourth-order valence-corrected chi connectivity index (χ4v) is 5.73. The van der Waals surface area contributed by atoms with Crippen molar-refractivity contribution in [1.82, 2.24) is 0 Å². The Morgan fingerprint density at radius 2 is 1.00 bits per heavy atom. The van der Waals surface area contributed by atoms with Gasteiger partial charge in [0.05, 0.1) is 12.1 Å². The lowest BCUT2D eigenvalue weighted by atomic mass is 9.50. The molecule has 2 atom stereocenters. The lowest BCUT2D eigenvalue weighted by Gasteiger charge is -2.50. The van der Waals surface area contributed by atoms with E-state index in [0.717, 1.165) is 47.9 Å². The monoisotopic (exact) mass is 336 g/mol. The first kappa shape index (κ1) is 15.4. The van der Waals surface area contributed by atoms with Crippen LogP contribution in [0.4, 0.5) is 0 Å². The molecule has 4 aliphatic rings. The van der Waals surface area contributed by atoms with Crippen molar-refractivity contribution in [3.8, 4) is 12.1 Å². The first-order valence-electron chi connectivity index (χ1n) is 9.43. The van der Waals surface area contributed by atoms with Gasteiger partial charge < -0.3 is 0 Å². The normalized spacial score (nSPS) is 33.6. The van der Waals surface area contributed by atoms with Crippen molar-refractivity contribution in [2.45, 2.75) is 36.5 Å². The van der Waals surface area contributed by atoms with Gasteiger partial charge in [0, 0.05) is 0 Å². The molecule has 0 aromatic heterocycles. The van der Waals surface area contributed by atoms with Gasteiger partial charge in [-0.3, -0.25) is 0 Å². The molecule has 0 aliphatic heterocycles. The zero-order valence-electron chi connectivity index (χ0n) is 14.7. The summed E-state index contributed by atoms with van der Waals surface area (Å²) in [5.74, 6) is 0.906. The molecule has 0 heterocycles. The summed E-state index contributed by atoms with van der Waals surface area (Å²) in [5.41, 5.74) is 2.91. The molecule has 2 aromatic carbocycles. The lowest BCUT2D eigenvalue weighted by molar-refractivity contribution is 0.216. The zero-order valence-corrected chi connectivity index (χ0v) is 14.7. The summed E-state index contributed by atoms with van der Waals surface area (Å²) in [6.07, 6.45) is 8.23. The summed E-state index contributed by atoms with van der Waals surface area (Å²) in [4.78, 5) is 0. The minimum absolute atomic E-state index is 0.453. The first-order chi connectivity index (χ1) is 12.7. The molecule has 0 fully saturated rings. The van der Waals surface area contributed by atoms with Gasteiger partial charge in [-0.1, -0.05) is 60.7 Å². The predicted octanol–water partition coefficient (Wildman–Crippen LogP) is 5.00. The highest BCUT2D eigenvalue weighted by molar-refractivity contribution is 5.66. The van der Waals surface area contributed by atoms with Gasteiger partial charge in [0.15, 0.2) is 0 Å². The van der Waals surface area contributed by atoms with Crippen LogP contribution in [0.2, 0.25) is 0 Å². The number of nitriles is 2. The minimum atomic E-state index is -0.651. The average molecular weight is 336 g/mol. The number of benzene rings is 2. The van der Waals surface area contributed by atoms with Crippen LogP contribution < -0.4 is 0 Å². The maximum Gasteiger partial charge on any atom is 0.108 e. The summed E-state index contributed by atoms with van der Waals surface area (Å²) in [5, 5.41) is 20.9. The molecule has 2 bridgehead atoms. The summed E-state index contributed by atoms with van der Waals surface area (Å²) < 4.78 is 0. The number of nitrogens with zero attached hydrogens (tertiary/aromatic N) is 2. The molecule has 26 heavy (non-hydrogen) atoms. The molecular formula is C24H20N2. The Labute approximate surface area is 154 Å². The summed E-state index contributed by atoms with van der Waals surface area (Å²) in [7, 11) is 0. The molecule has 0 unspecified atom stereocenters. The smallest absolute Gasteiger partial charge is 0.108 e. The second kappa shape index (κ2) is 5.33. The molecule has 0 N–H and O–H groups in total. The van der Waals surface area contributed by atoms with Crippen molar-refractivity contribution in [3.05, 3.63) is 82.9 Å². The van der Waals surface area contributed by atoms with E-state index in [2.05, 4.69) is 48.6 Å². The van der Waals surface area contributed by atoms with E-state index >= 15 is 0 Å². The van der Waals surface area contributed by atoms with Crippen LogP contribution in [0, 0.1) is 34.5 Å². The maximum absolute atomic E-state index is 10.5. The highest BCUT2D eigenvalue weighted by Crippen LogP contribution is 2.58. The van der Waals surface area contributed by atoms with Crippen molar-refractivity contribution in [1.29, 1.82) is 10.5 Å². The molecule has 4 aliphatic carbocycles. The van der Waals surface area contributed by atoms with Gasteiger partial charge in [-0.2, -0.15) is 10.5 Å². The van der Waals surface area contributed by atoms with E-state index in [1.54, 1.807) is 0 Å². The Morgan fingerprint density at radius 3 is 1.31 bits per heavy atom.